The molecule has 0 bridgehead atoms. The molecule has 0 radical (unpaired) electrons. The number of nitrogens with zero attached hydrogens (tertiary/aromatic N) is 4. The number of aromatic nitrogens is 2. The molecule has 0 aliphatic heterocycles. The van der Waals surface area contributed by atoms with Crippen molar-refractivity contribution in [2.75, 3.05) is 12.9 Å². The van der Waals surface area contributed by atoms with E-state index < -0.39 is 10.8 Å². The fourth-order valence-electron chi connectivity index (χ4n) is 3.18. The molecule has 1 amide bonds. The van der Waals surface area contributed by atoms with Crippen LogP contribution < -0.4 is 4.74 Å². The number of non-ortho nitro benzene ring substituents is 1. The van der Waals surface area contributed by atoms with Gasteiger partial charge in [-0.15, -0.1) is 10.2 Å². The van der Waals surface area contributed by atoms with Gasteiger partial charge in [0, 0.05) is 22.9 Å². The molecule has 0 spiro atoms. The van der Waals surface area contributed by atoms with Gasteiger partial charge in [-0.25, -0.2) is 4.98 Å². The first-order valence-electron chi connectivity index (χ1n) is 9.37. The Morgan fingerprint density at radius 3 is 2.81 bits per heavy atom. The topological polar surface area (TPSA) is 143 Å². The number of fused-ring (bicyclic) bond motifs is 2. The molecule has 32 heavy (non-hydrogen) atoms. The van der Waals surface area contributed by atoms with Gasteiger partial charge in [-0.3, -0.25) is 14.9 Å². The molecule has 0 unspecified atom stereocenters. The number of aromatic amines is 1. The van der Waals surface area contributed by atoms with Crippen molar-refractivity contribution in [1.82, 2.24) is 9.97 Å². The standard InChI is InChI=1S/C21H17N5O5S/c1-11-7-19(22-16-6-4-13(31-2)9-14(11)16)32-10-18(27)24-25-20-15-8-12(26(29)30)3-5-17(15)23-21(20)28/h3-9,23,28H,10H2,1-2H3. The Balaban J connectivity index is 1.50. The maximum atomic E-state index is 12.2. The highest BCUT2D eigenvalue weighted by molar-refractivity contribution is 7.99. The highest BCUT2D eigenvalue weighted by atomic mass is 32.2. The first-order chi connectivity index (χ1) is 15.4. The fraction of sp³-hybridized carbons (Fsp3) is 0.143. The van der Waals surface area contributed by atoms with Crippen molar-refractivity contribution in [1.29, 1.82) is 0 Å². The number of nitro benzene ring substituents is 1. The molecule has 10 nitrogen and oxygen atoms in total. The third-order valence-corrected chi connectivity index (χ3v) is 5.65. The van der Waals surface area contributed by atoms with Crippen LogP contribution in [0.3, 0.4) is 0 Å². The van der Waals surface area contributed by atoms with Crippen molar-refractivity contribution in [2.45, 2.75) is 11.9 Å². The second-order valence-corrected chi connectivity index (χ2v) is 7.85. The molecule has 162 valence electrons. The van der Waals surface area contributed by atoms with Gasteiger partial charge in [-0.05, 0) is 42.8 Å². The number of carbonyl (C=O) groups excluding carboxylic acids is 1. The van der Waals surface area contributed by atoms with Crippen LogP contribution in [0.25, 0.3) is 21.8 Å². The number of ether oxygens (including phenoxy) is 1. The zero-order valence-electron chi connectivity index (χ0n) is 17.0. The molecule has 0 saturated carbocycles. The number of aromatic hydroxyl groups is 1. The Hall–Kier alpha value is -3.99. The fourth-order valence-corrected chi connectivity index (χ4v) is 3.93. The summed E-state index contributed by atoms with van der Waals surface area (Å²) < 4.78 is 5.24. The average Bonchev–Trinajstić information content (AvgIpc) is 3.10. The van der Waals surface area contributed by atoms with Crippen LogP contribution in [0.5, 0.6) is 11.6 Å². The van der Waals surface area contributed by atoms with Crippen LogP contribution >= 0.6 is 11.8 Å². The Morgan fingerprint density at radius 1 is 1.25 bits per heavy atom. The summed E-state index contributed by atoms with van der Waals surface area (Å²) in [6, 6.07) is 11.5. The van der Waals surface area contributed by atoms with Gasteiger partial charge in [0.15, 0.2) is 5.69 Å². The number of methoxy groups -OCH3 is 1. The van der Waals surface area contributed by atoms with E-state index in [4.69, 9.17) is 4.74 Å². The van der Waals surface area contributed by atoms with Crippen molar-refractivity contribution in [3.8, 4) is 11.6 Å². The molecule has 11 heteroatoms. The quantitative estimate of drug-likeness (QED) is 0.181. The molecule has 0 atom stereocenters. The van der Waals surface area contributed by atoms with Crippen LogP contribution in [-0.4, -0.2) is 38.8 Å². The maximum absolute atomic E-state index is 12.2. The lowest BCUT2D eigenvalue weighted by molar-refractivity contribution is -0.384. The number of amides is 1. The average molecular weight is 451 g/mol. The van der Waals surface area contributed by atoms with E-state index in [0.717, 1.165) is 22.2 Å². The summed E-state index contributed by atoms with van der Waals surface area (Å²) in [5.74, 6) is -0.138. The summed E-state index contributed by atoms with van der Waals surface area (Å²) in [6.45, 7) is 1.95. The molecule has 2 aromatic heterocycles. The number of rotatable bonds is 6. The summed E-state index contributed by atoms with van der Waals surface area (Å²) in [7, 11) is 1.60. The Morgan fingerprint density at radius 2 is 2.06 bits per heavy atom. The van der Waals surface area contributed by atoms with E-state index >= 15 is 0 Å². The van der Waals surface area contributed by atoms with E-state index in [0.29, 0.717) is 15.9 Å². The predicted molar refractivity (Wildman–Crippen MR) is 120 cm³/mol. The molecule has 2 N–H and O–H groups in total. The number of nitrogens with one attached hydrogen (secondary N) is 1. The smallest absolute Gasteiger partial charge is 0.274 e. The molecule has 4 aromatic rings. The number of azo groups is 1. The van der Waals surface area contributed by atoms with Crippen LogP contribution in [0.1, 0.15) is 5.56 Å². The molecular weight excluding hydrogens is 434 g/mol. The number of H-pyrrole nitrogens is 1. The van der Waals surface area contributed by atoms with Crippen molar-refractivity contribution >= 4 is 50.8 Å². The van der Waals surface area contributed by atoms with Crippen molar-refractivity contribution in [3.63, 3.8) is 0 Å². The maximum Gasteiger partial charge on any atom is 0.274 e. The third kappa shape index (κ3) is 4.23. The molecule has 2 heterocycles. The van der Waals surface area contributed by atoms with Gasteiger partial charge in [0.1, 0.15) is 5.75 Å². The van der Waals surface area contributed by atoms with Crippen molar-refractivity contribution in [3.05, 3.63) is 58.1 Å². The highest BCUT2D eigenvalue weighted by Crippen LogP contribution is 2.37. The third-order valence-electron chi connectivity index (χ3n) is 4.75. The number of pyridine rings is 1. The molecule has 0 fully saturated rings. The highest BCUT2D eigenvalue weighted by Gasteiger charge is 2.15. The summed E-state index contributed by atoms with van der Waals surface area (Å²) in [4.78, 5) is 29.9. The lowest BCUT2D eigenvalue weighted by Gasteiger charge is -2.07. The largest absolute Gasteiger partial charge is 0.497 e. The zero-order valence-corrected chi connectivity index (χ0v) is 17.8. The van der Waals surface area contributed by atoms with Gasteiger partial charge in [-0.2, -0.15) is 0 Å². The predicted octanol–water partition coefficient (Wildman–Crippen LogP) is 5.05. The summed E-state index contributed by atoms with van der Waals surface area (Å²) in [5, 5.41) is 30.4. The minimum absolute atomic E-state index is 0.0130. The Labute approximate surface area is 185 Å². The molecular formula is C21H17N5O5S. The second-order valence-electron chi connectivity index (χ2n) is 6.85. The van der Waals surface area contributed by atoms with Crippen molar-refractivity contribution in [2.24, 2.45) is 10.2 Å². The Bertz CT molecular complexity index is 1400. The molecule has 4 rings (SSSR count). The minimum Gasteiger partial charge on any atom is -0.497 e. The molecule has 0 aliphatic rings. The molecule has 0 aliphatic carbocycles. The lowest BCUT2D eigenvalue weighted by atomic mass is 10.1. The summed E-state index contributed by atoms with van der Waals surface area (Å²) in [6.07, 6.45) is 0. The number of aryl methyl sites for hydroxylation is 1. The number of hydrogen-bond donors (Lipinski definition) is 2. The zero-order chi connectivity index (χ0) is 22.8. The number of hydrogen-bond acceptors (Lipinski definition) is 8. The van der Waals surface area contributed by atoms with Crippen LogP contribution in [-0.2, 0) is 4.79 Å². The summed E-state index contributed by atoms with van der Waals surface area (Å²) >= 11 is 1.21. The van der Waals surface area contributed by atoms with Crippen LogP contribution in [0, 0.1) is 17.0 Å². The van der Waals surface area contributed by atoms with E-state index in [1.165, 1.54) is 30.0 Å². The van der Waals surface area contributed by atoms with E-state index in [-0.39, 0.29) is 23.0 Å². The normalized spacial score (nSPS) is 11.4. The molecule has 2 aromatic carbocycles. The Kier molecular flexibility index (Phi) is 5.73. The van der Waals surface area contributed by atoms with E-state index in [1.54, 1.807) is 7.11 Å². The van der Waals surface area contributed by atoms with E-state index in [1.807, 2.05) is 31.2 Å². The second kappa shape index (κ2) is 8.63. The van der Waals surface area contributed by atoms with Gasteiger partial charge in [0.25, 0.3) is 11.6 Å². The first-order valence-corrected chi connectivity index (χ1v) is 10.4. The van der Waals surface area contributed by atoms with Gasteiger partial charge in [0.2, 0.25) is 5.88 Å². The van der Waals surface area contributed by atoms with Crippen LogP contribution in [0.4, 0.5) is 11.4 Å². The minimum atomic E-state index is -0.555. The van der Waals surface area contributed by atoms with E-state index in [2.05, 4.69) is 20.2 Å². The first kappa shape index (κ1) is 21.2. The van der Waals surface area contributed by atoms with Gasteiger partial charge in [0.05, 0.1) is 33.8 Å². The molecule has 0 saturated heterocycles. The number of thioether (sulfide) groups is 1. The monoisotopic (exact) mass is 451 g/mol. The number of benzene rings is 2. The van der Waals surface area contributed by atoms with Crippen LogP contribution in [0.2, 0.25) is 0 Å². The summed E-state index contributed by atoms with van der Waals surface area (Å²) in [5.41, 5.74) is 2.03. The van der Waals surface area contributed by atoms with Crippen molar-refractivity contribution < 1.29 is 19.6 Å². The number of nitro groups is 1. The van der Waals surface area contributed by atoms with Crippen LogP contribution in [0.15, 0.2) is 57.7 Å². The van der Waals surface area contributed by atoms with Gasteiger partial charge < -0.3 is 14.8 Å². The van der Waals surface area contributed by atoms with E-state index in [9.17, 15) is 20.0 Å². The SMILES string of the molecule is COc1ccc2nc(SCC(=O)N=Nc3c(O)[nH]c4ccc([N+](=O)[O-])cc34)cc(C)c2c1. The van der Waals surface area contributed by atoms with Gasteiger partial charge >= 0.3 is 0 Å². The number of carbonyl (C=O) groups is 1. The van der Waals surface area contributed by atoms with Gasteiger partial charge in [-0.1, -0.05) is 11.8 Å². The lowest BCUT2D eigenvalue weighted by Crippen LogP contribution is -1.97.